The summed E-state index contributed by atoms with van der Waals surface area (Å²) < 4.78 is 12.0. The van der Waals surface area contributed by atoms with Gasteiger partial charge in [0.05, 0.1) is 27.7 Å². The van der Waals surface area contributed by atoms with Crippen molar-refractivity contribution in [1.29, 1.82) is 0 Å². The molecule has 0 bridgehead atoms. The summed E-state index contributed by atoms with van der Waals surface area (Å²) in [4.78, 5) is 25.0. The molecule has 1 unspecified atom stereocenters. The summed E-state index contributed by atoms with van der Waals surface area (Å²) in [6.45, 7) is 4.15. The summed E-state index contributed by atoms with van der Waals surface area (Å²) >= 11 is 0. The van der Waals surface area contributed by atoms with E-state index in [9.17, 15) is 13.8 Å². The zero-order valence-corrected chi connectivity index (χ0v) is 12.5. The van der Waals surface area contributed by atoms with Gasteiger partial charge in [0.25, 0.3) is 5.91 Å². The largest absolute Gasteiger partial charge is 0.481 e. The lowest BCUT2D eigenvalue weighted by molar-refractivity contribution is -0.137. The van der Waals surface area contributed by atoms with Gasteiger partial charge < -0.3 is 10.0 Å². The summed E-state index contributed by atoms with van der Waals surface area (Å²) in [5, 5.41) is 8.70. The predicted octanol–water partition coefficient (Wildman–Crippen LogP) is 1.75. The van der Waals surface area contributed by atoms with Gasteiger partial charge in [-0.25, -0.2) is 0 Å². The first kappa shape index (κ1) is 16.4. The molecule has 0 spiro atoms. The minimum absolute atomic E-state index is 0.0986. The Morgan fingerprint density at radius 2 is 1.90 bits per heavy atom. The molecule has 1 aromatic carbocycles. The number of hydrogen-bond acceptors (Lipinski definition) is 3. The zero-order chi connectivity index (χ0) is 15.1. The zero-order valence-electron chi connectivity index (χ0n) is 11.7. The summed E-state index contributed by atoms with van der Waals surface area (Å²) in [6, 6.07) is 6.77. The number of hydrogen-bond donors (Lipinski definition) is 1. The first-order valence-corrected chi connectivity index (χ1v) is 7.81. The Labute approximate surface area is 121 Å². The maximum atomic E-state index is 12.4. The molecule has 1 N–H and O–H groups in total. The van der Waals surface area contributed by atoms with Gasteiger partial charge in [0.2, 0.25) is 0 Å². The number of carbonyl (C=O) groups excluding carboxylic acids is 1. The molecule has 0 aliphatic heterocycles. The van der Waals surface area contributed by atoms with Crippen molar-refractivity contribution in [2.75, 3.05) is 18.8 Å². The smallest absolute Gasteiger partial charge is 0.305 e. The molecule has 0 heterocycles. The maximum Gasteiger partial charge on any atom is 0.305 e. The van der Waals surface area contributed by atoms with E-state index in [1.165, 1.54) is 4.90 Å². The van der Waals surface area contributed by atoms with Crippen LogP contribution in [0.3, 0.4) is 0 Å². The molecule has 110 valence electrons. The highest BCUT2D eigenvalue weighted by atomic mass is 32.2. The van der Waals surface area contributed by atoms with Gasteiger partial charge in [-0.3, -0.25) is 13.8 Å². The van der Waals surface area contributed by atoms with Gasteiger partial charge in [-0.1, -0.05) is 19.1 Å². The lowest BCUT2D eigenvalue weighted by atomic mass is 10.2. The molecule has 0 aliphatic rings. The average Bonchev–Trinajstić information content (AvgIpc) is 2.46. The first-order chi connectivity index (χ1) is 9.51. The molecule has 0 radical (unpaired) electrons. The average molecular weight is 297 g/mol. The van der Waals surface area contributed by atoms with Crippen molar-refractivity contribution in [1.82, 2.24) is 4.90 Å². The van der Waals surface area contributed by atoms with Crippen LogP contribution in [0.4, 0.5) is 0 Å². The number of aliphatic carboxylic acids is 1. The van der Waals surface area contributed by atoms with Crippen LogP contribution in [0.25, 0.3) is 0 Å². The number of carbonyl (C=O) groups is 2. The summed E-state index contributed by atoms with van der Waals surface area (Å²) in [5.41, 5.74) is 0.389. The second-order valence-corrected chi connectivity index (χ2v) is 5.87. The van der Waals surface area contributed by atoms with E-state index in [1.54, 1.807) is 38.1 Å². The predicted molar refractivity (Wildman–Crippen MR) is 77.2 cm³/mol. The van der Waals surface area contributed by atoms with Gasteiger partial charge in [-0.05, 0) is 19.1 Å². The lowest BCUT2D eigenvalue weighted by Crippen LogP contribution is -2.33. The topological polar surface area (TPSA) is 74.7 Å². The lowest BCUT2D eigenvalue weighted by Gasteiger charge is -2.21. The molecule has 0 fully saturated rings. The van der Waals surface area contributed by atoms with Crippen molar-refractivity contribution in [3.63, 3.8) is 0 Å². The van der Waals surface area contributed by atoms with Gasteiger partial charge in [-0.15, -0.1) is 0 Å². The Morgan fingerprint density at radius 3 is 2.45 bits per heavy atom. The van der Waals surface area contributed by atoms with E-state index in [0.717, 1.165) is 0 Å². The molecular weight excluding hydrogens is 278 g/mol. The Hall–Kier alpha value is -1.69. The fourth-order valence-corrected chi connectivity index (χ4v) is 2.74. The maximum absolute atomic E-state index is 12.4. The number of carboxylic acid groups (broad SMARTS) is 1. The Bertz CT molecular complexity index is 516. The second-order valence-electron chi connectivity index (χ2n) is 4.16. The highest BCUT2D eigenvalue weighted by Crippen LogP contribution is 2.16. The van der Waals surface area contributed by atoms with Crippen LogP contribution in [0.2, 0.25) is 0 Å². The molecule has 0 saturated carbocycles. The van der Waals surface area contributed by atoms with Gasteiger partial charge in [-0.2, -0.15) is 0 Å². The molecule has 0 aliphatic carbocycles. The Balaban J connectivity index is 3.00. The van der Waals surface area contributed by atoms with Crippen LogP contribution >= 0.6 is 0 Å². The van der Waals surface area contributed by atoms with Crippen molar-refractivity contribution in [3.05, 3.63) is 29.8 Å². The third-order valence-electron chi connectivity index (χ3n) is 2.89. The molecule has 0 saturated heterocycles. The van der Waals surface area contributed by atoms with E-state index in [0.29, 0.717) is 22.8 Å². The van der Waals surface area contributed by atoms with Crippen LogP contribution in [-0.2, 0) is 15.6 Å². The van der Waals surface area contributed by atoms with Gasteiger partial charge >= 0.3 is 5.97 Å². The Morgan fingerprint density at radius 1 is 1.25 bits per heavy atom. The van der Waals surface area contributed by atoms with Crippen LogP contribution in [0.15, 0.2) is 29.2 Å². The van der Waals surface area contributed by atoms with Crippen molar-refractivity contribution in [2.45, 2.75) is 25.2 Å². The summed E-state index contributed by atoms with van der Waals surface area (Å²) in [7, 11) is -1.22. The van der Waals surface area contributed by atoms with Gasteiger partial charge in [0, 0.05) is 18.8 Å². The quantitative estimate of drug-likeness (QED) is 0.832. The third kappa shape index (κ3) is 4.16. The van der Waals surface area contributed by atoms with Crippen LogP contribution in [0, 0.1) is 0 Å². The number of amides is 1. The van der Waals surface area contributed by atoms with Crippen molar-refractivity contribution in [3.8, 4) is 0 Å². The molecular formula is C14H19NO4S. The van der Waals surface area contributed by atoms with Crippen LogP contribution in [-0.4, -0.2) is 44.9 Å². The Kier molecular flexibility index (Phi) is 6.38. The van der Waals surface area contributed by atoms with E-state index < -0.39 is 16.8 Å². The van der Waals surface area contributed by atoms with Crippen LogP contribution in [0.1, 0.15) is 30.6 Å². The van der Waals surface area contributed by atoms with Crippen molar-refractivity contribution < 1.29 is 18.9 Å². The minimum Gasteiger partial charge on any atom is -0.481 e. The third-order valence-corrected chi connectivity index (χ3v) is 4.26. The van der Waals surface area contributed by atoms with E-state index in [4.69, 9.17) is 5.11 Å². The second kappa shape index (κ2) is 7.79. The fourth-order valence-electron chi connectivity index (χ4n) is 1.80. The highest BCUT2D eigenvalue weighted by molar-refractivity contribution is 7.85. The number of benzene rings is 1. The minimum atomic E-state index is -1.22. The van der Waals surface area contributed by atoms with E-state index in [1.807, 2.05) is 0 Å². The van der Waals surface area contributed by atoms with Crippen molar-refractivity contribution >= 4 is 22.7 Å². The van der Waals surface area contributed by atoms with Crippen LogP contribution in [0.5, 0.6) is 0 Å². The SMILES string of the molecule is CCN(CCC(=O)O)C(=O)c1ccccc1S(=O)CC. The number of carboxylic acids is 1. The van der Waals surface area contributed by atoms with E-state index in [-0.39, 0.29) is 18.9 Å². The molecule has 1 aromatic rings. The molecule has 1 atom stereocenters. The van der Waals surface area contributed by atoms with Crippen molar-refractivity contribution in [2.24, 2.45) is 0 Å². The standard InChI is InChI=1S/C14H19NO4S/c1-3-15(10-9-13(16)17)14(18)11-7-5-6-8-12(11)20(19)4-2/h5-8H,3-4,9-10H2,1-2H3,(H,16,17). The monoisotopic (exact) mass is 297 g/mol. The molecule has 6 heteroatoms. The number of rotatable bonds is 7. The molecule has 1 amide bonds. The molecule has 1 rings (SSSR count). The van der Waals surface area contributed by atoms with Gasteiger partial charge in [0.15, 0.2) is 0 Å². The van der Waals surface area contributed by atoms with Gasteiger partial charge in [0.1, 0.15) is 0 Å². The molecule has 0 aromatic heterocycles. The summed E-state index contributed by atoms with van der Waals surface area (Å²) in [5.74, 6) is -0.779. The van der Waals surface area contributed by atoms with Crippen LogP contribution < -0.4 is 0 Å². The molecule has 5 nitrogen and oxygen atoms in total. The van der Waals surface area contributed by atoms with E-state index >= 15 is 0 Å². The first-order valence-electron chi connectivity index (χ1n) is 6.49. The normalized spacial score (nSPS) is 11.9. The summed E-state index contributed by atoms with van der Waals surface area (Å²) in [6.07, 6.45) is -0.0986. The highest BCUT2D eigenvalue weighted by Gasteiger charge is 2.20. The van der Waals surface area contributed by atoms with E-state index in [2.05, 4.69) is 0 Å². The number of nitrogens with zero attached hydrogens (tertiary/aromatic N) is 1. The fraction of sp³-hybridized carbons (Fsp3) is 0.429. The molecule has 20 heavy (non-hydrogen) atoms.